The Balaban J connectivity index is 1.22. The van der Waals surface area contributed by atoms with Crippen LogP contribution in [0.5, 0.6) is 0 Å². The molecule has 4 rings (SSSR count). The molecule has 2 aliphatic heterocycles. The van der Waals surface area contributed by atoms with Crippen molar-refractivity contribution in [1.29, 1.82) is 0 Å². The number of rotatable bonds is 3. The Hall–Kier alpha value is -0.710. The fraction of sp³-hybridized carbons (Fsp3) is 0.933. The summed E-state index contributed by atoms with van der Waals surface area (Å²) in [6.45, 7) is 0.730. The summed E-state index contributed by atoms with van der Waals surface area (Å²) in [6, 6.07) is 1.26. The van der Waals surface area contributed by atoms with Crippen molar-refractivity contribution in [2.24, 2.45) is 17.3 Å². The normalized spacial score (nSPS) is 47.9. The average Bonchev–Trinajstić information content (AvgIpc) is 2.79. The maximum Gasteiger partial charge on any atom is 0.254 e. The predicted molar refractivity (Wildman–Crippen MR) is 70.4 cm³/mol. The summed E-state index contributed by atoms with van der Waals surface area (Å²) in [6.07, 6.45) is 5.59. The monoisotopic (exact) mass is 284 g/mol. The maximum atomic E-state index is 13.1. The molecular weight excluding hydrogens is 262 g/mol. The van der Waals surface area contributed by atoms with Gasteiger partial charge in [-0.05, 0) is 44.4 Å². The van der Waals surface area contributed by atoms with Gasteiger partial charge in [0, 0.05) is 36.4 Å². The van der Waals surface area contributed by atoms with Crippen LogP contribution in [0.25, 0.3) is 0 Å². The maximum absolute atomic E-state index is 13.1. The van der Waals surface area contributed by atoms with Crippen molar-refractivity contribution in [3.8, 4) is 0 Å². The molecule has 2 bridgehead atoms. The van der Waals surface area contributed by atoms with E-state index in [0.29, 0.717) is 30.8 Å². The zero-order chi connectivity index (χ0) is 14.0. The second-order valence-electron chi connectivity index (χ2n) is 7.49. The molecule has 2 saturated carbocycles. The summed E-state index contributed by atoms with van der Waals surface area (Å²) in [4.78, 5) is 12.0. The molecule has 112 valence electrons. The van der Waals surface area contributed by atoms with Crippen molar-refractivity contribution in [3.05, 3.63) is 0 Å². The van der Waals surface area contributed by atoms with Gasteiger partial charge >= 0.3 is 0 Å². The molecule has 5 heteroatoms. The summed E-state index contributed by atoms with van der Waals surface area (Å²) < 4.78 is 26.2. The molecule has 3 atom stereocenters. The molecule has 0 radical (unpaired) electrons. The third kappa shape index (κ3) is 1.97. The van der Waals surface area contributed by atoms with Gasteiger partial charge < -0.3 is 10.6 Å². The minimum absolute atomic E-state index is 0.00142. The van der Waals surface area contributed by atoms with Gasteiger partial charge in [-0.15, -0.1) is 0 Å². The van der Waals surface area contributed by atoms with E-state index in [4.69, 9.17) is 0 Å². The lowest BCUT2D eigenvalue weighted by atomic mass is 9.71. The zero-order valence-corrected chi connectivity index (χ0v) is 11.6. The smallest absolute Gasteiger partial charge is 0.254 e. The van der Waals surface area contributed by atoms with E-state index in [-0.39, 0.29) is 18.2 Å². The van der Waals surface area contributed by atoms with Gasteiger partial charge in [0.15, 0.2) is 0 Å². The second kappa shape index (κ2) is 4.15. The first kappa shape index (κ1) is 13.0. The Morgan fingerprint density at radius 3 is 2.35 bits per heavy atom. The van der Waals surface area contributed by atoms with Crippen molar-refractivity contribution in [3.63, 3.8) is 0 Å². The van der Waals surface area contributed by atoms with Gasteiger partial charge in [-0.25, -0.2) is 8.78 Å². The van der Waals surface area contributed by atoms with Crippen LogP contribution in [0.3, 0.4) is 0 Å². The minimum Gasteiger partial charge on any atom is -0.356 e. The van der Waals surface area contributed by atoms with Crippen LogP contribution in [0.1, 0.15) is 44.9 Å². The van der Waals surface area contributed by atoms with E-state index in [1.165, 1.54) is 12.8 Å². The van der Waals surface area contributed by atoms with E-state index in [1.807, 2.05) is 0 Å². The van der Waals surface area contributed by atoms with Crippen molar-refractivity contribution in [2.45, 2.75) is 63.0 Å². The molecule has 0 aromatic rings. The van der Waals surface area contributed by atoms with Gasteiger partial charge in [0.1, 0.15) is 0 Å². The van der Waals surface area contributed by atoms with Gasteiger partial charge in [-0.1, -0.05) is 0 Å². The summed E-state index contributed by atoms with van der Waals surface area (Å²) in [7, 11) is 0. The number of carbonyl (C=O) groups excluding carboxylic acids is 1. The SMILES string of the molecule is O=C(NCC1C[C@H]2CC[C@@H](C1)N2)C1CC2(C1)CC2(F)F. The van der Waals surface area contributed by atoms with Gasteiger partial charge in [0.25, 0.3) is 5.92 Å². The van der Waals surface area contributed by atoms with E-state index in [0.717, 1.165) is 19.4 Å². The Bertz CT molecular complexity index is 422. The molecule has 1 amide bonds. The molecule has 2 heterocycles. The van der Waals surface area contributed by atoms with Gasteiger partial charge in [0.05, 0.1) is 0 Å². The van der Waals surface area contributed by atoms with Gasteiger partial charge in [-0.3, -0.25) is 4.79 Å². The molecule has 2 aliphatic carbocycles. The molecular formula is C15H22F2N2O. The highest BCUT2D eigenvalue weighted by Crippen LogP contribution is 2.72. The Morgan fingerprint density at radius 1 is 1.20 bits per heavy atom. The first-order chi connectivity index (χ1) is 9.47. The summed E-state index contributed by atoms with van der Waals surface area (Å²) in [5.41, 5.74) is -0.789. The average molecular weight is 284 g/mol. The van der Waals surface area contributed by atoms with E-state index in [1.54, 1.807) is 0 Å². The summed E-state index contributed by atoms with van der Waals surface area (Å²) in [5.74, 6) is -2.09. The van der Waals surface area contributed by atoms with Crippen LogP contribution in [0.2, 0.25) is 0 Å². The molecule has 2 saturated heterocycles. The molecule has 2 N–H and O–H groups in total. The Morgan fingerprint density at radius 2 is 1.80 bits per heavy atom. The molecule has 4 fully saturated rings. The molecule has 4 aliphatic rings. The van der Waals surface area contributed by atoms with Crippen molar-refractivity contribution < 1.29 is 13.6 Å². The lowest BCUT2D eigenvalue weighted by molar-refractivity contribution is -0.132. The number of hydrogen-bond acceptors (Lipinski definition) is 2. The van der Waals surface area contributed by atoms with E-state index in [9.17, 15) is 13.6 Å². The second-order valence-corrected chi connectivity index (χ2v) is 7.49. The van der Waals surface area contributed by atoms with Gasteiger partial charge in [-0.2, -0.15) is 0 Å². The third-order valence-corrected chi connectivity index (χ3v) is 5.99. The lowest BCUT2D eigenvalue weighted by Crippen LogP contribution is -2.46. The Kier molecular flexibility index (Phi) is 2.70. The largest absolute Gasteiger partial charge is 0.356 e. The van der Waals surface area contributed by atoms with Crippen molar-refractivity contribution in [1.82, 2.24) is 10.6 Å². The number of piperidine rings is 1. The van der Waals surface area contributed by atoms with Crippen LogP contribution >= 0.6 is 0 Å². The van der Waals surface area contributed by atoms with Gasteiger partial charge in [0.2, 0.25) is 5.91 Å². The molecule has 1 unspecified atom stereocenters. The van der Waals surface area contributed by atoms with Crippen LogP contribution in [-0.2, 0) is 4.79 Å². The number of hydrogen-bond donors (Lipinski definition) is 2. The van der Waals surface area contributed by atoms with Crippen LogP contribution in [0.15, 0.2) is 0 Å². The highest BCUT2D eigenvalue weighted by molar-refractivity contribution is 5.80. The van der Waals surface area contributed by atoms with E-state index < -0.39 is 11.3 Å². The number of nitrogens with one attached hydrogen (secondary N) is 2. The highest BCUT2D eigenvalue weighted by atomic mass is 19.3. The first-order valence-corrected chi connectivity index (χ1v) is 7.89. The highest BCUT2D eigenvalue weighted by Gasteiger charge is 2.76. The summed E-state index contributed by atoms with van der Waals surface area (Å²) >= 11 is 0. The van der Waals surface area contributed by atoms with Crippen molar-refractivity contribution >= 4 is 5.91 Å². The minimum atomic E-state index is -2.49. The van der Waals surface area contributed by atoms with E-state index in [2.05, 4.69) is 10.6 Å². The summed E-state index contributed by atoms with van der Waals surface area (Å²) in [5, 5.41) is 6.59. The lowest BCUT2D eigenvalue weighted by Gasteiger charge is -2.35. The van der Waals surface area contributed by atoms with Crippen LogP contribution in [0, 0.1) is 17.3 Å². The molecule has 3 nitrogen and oxygen atoms in total. The number of fused-ring (bicyclic) bond motifs is 2. The number of amides is 1. The van der Waals surface area contributed by atoms with E-state index >= 15 is 0 Å². The molecule has 0 aromatic carbocycles. The van der Waals surface area contributed by atoms with Crippen LogP contribution in [0.4, 0.5) is 8.78 Å². The quantitative estimate of drug-likeness (QED) is 0.833. The predicted octanol–water partition coefficient (Wildman–Crippen LogP) is 2.07. The first-order valence-electron chi connectivity index (χ1n) is 7.89. The standard InChI is InChI=1S/C15H22F2N2O/c16-15(17)8-14(15)5-10(6-14)13(20)18-7-9-3-11-1-2-12(4-9)19-11/h9-12,19H,1-8H2,(H,18,20)/t9?,10?,11-,12+,14?. The number of halogens is 2. The molecule has 20 heavy (non-hydrogen) atoms. The number of carbonyl (C=O) groups is 1. The fourth-order valence-corrected chi connectivity index (χ4v) is 4.62. The van der Waals surface area contributed by atoms with Crippen LogP contribution in [-0.4, -0.2) is 30.5 Å². The fourth-order valence-electron chi connectivity index (χ4n) is 4.62. The topological polar surface area (TPSA) is 41.1 Å². The third-order valence-electron chi connectivity index (χ3n) is 5.99. The van der Waals surface area contributed by atoms with Crippen molar-refractivity contribution in [2.75, 3.05) is 6.54 Å². The number of alkyl halides is 2. The zero-order valence-electron chi connectivity index (χ0n) is 11.6. The molecule has 1 spiro atoms. The van der Waals surface area contributed by atoms with Crippen LogP contribution < -0.4 is 10.6 Å². The molecule has 0 aromatic heterocycles. The Labute approximate surface area is 117 Å².